The summed E-state index contributed by atoms with van der Waals surface area (Å²) in [5.74, 6) is 2.66. The van der Waals surface area contributed by atoms with Crippen LogP contribution in [0, 0.1) is 6.92 Å². The fourth-order valence-electron chi connectivity index (χ4n) is 1.34. The second-order valence-corrected chi connectivity index (χ2v) is 3.15. The van der Waals surface area contributed by atoms with Gasteiger partial charge in [-0.1, -0.05) is 0 Å². The molecule has 4 heteroatoms. The van der Waals surface area contributed by atoms with Gasteiger partial charge in [-0.2, -0.15) is 0 Å². The number of hydrogen-bond acceptors (Lipinski definition) is 4. The Labute approximate surface area is 77.1 Å². The van der Waals surface area contributed by atoms with Crippen molar-refractivity contribution in [1.82, 2.24) is 10.3 Å². The topological polar surface area (TPSA) is 50.4 Å². The molecule has 0 amide bonds. The SMILES string of the molecule is Cc1cnc(CNC2=NCCC2)o1. The molecule has 0 spiro atoms. The van der Waals surface area contributed by atoms with Crippen molar-refractivity contribution in [2.24, 2.45) is 4.99 Å². The van der Waals surface area contributed by atoms with E-state index in [1.165, 1.54) is 0 Å². The minimum Gasteiger partial charge on any atom is -0.444 e. The fourth-order valence-corrected chi connectivity index (χ4v) is 1.34. The van der Waals surface area contributed by atoms with Gasteiger partial charge in [-0.3, -0.25) is 4.99 Å². The predicted molar refractivity (Wildman–Crippen MR) is 49.6 cm³/mol. The van der Waals surface area contributed by atoms with Gasteiger partial charge in [-0.05, 0) is 13.3 Å². The number of hydrogen-bond donors (Lipinski definition) is 1. The van der Waals surface area contributed by atoms with E-state index >= 15 is 0 Å². The van der Waals surface area contributed by atoms with Crippen molar-refractivity contribution in [2.75, 3.05) is 6.54 Å². The Balaban J connectivity index is 1.85. The molecule has 1 N–H and O–H groups in total. The van der Waals surface area contributed by atoms with Crippen molar-refractivity contribution in [3.8, 4) is 0 Å². The summed E-state index contributed by atoms with van der Waals surface area (Å²) >= 11 is 0. The second-order valence-electron chi connectivity index (χ2n) is 3.15. The monoisotopic (exact) mass is 179 g/mol. The molecule has 13 heavy (non-hydrogen) atoms. The maximum atomic E-state index is 5.31. The van der Waals surface area contributed by atoms with Crippen LogP contribution >= 0.6 is 0 Å². The maximum absolute atomic E-state index is 5.31. The molecule has 2 heterocycles. The molecule has 0 atom stereocenters. The highest BCUT2D eigenvalue weighted by Gasteiger charge is 2.06. The first-order chi connectivity index (χ1) is 6.34. The summed E-state index contributed by atoms with van der Waals surface area (Å²) in [6.45, 7) is 3.49. The molecule has 1 aromatic heterocycles. The zero-order valence-electron chi connectivity index (χ0n) is 7.71. The second kappa shape index (κ2) is 3.60. The van der Waals surface area contributed by atoms with E-state index in [1.807, 2.05) is 6.92 Å². The van der Waals surface area contributed by atoms with E-state index in [-0.39, 0.29) is 0 Å². The van der Waals surface area contributed by atoms with Gasteiger partial charge < -0.3 is 9.73 Å². The molecular formula is C9H13N3O. The summed E-state index contributed by atoms with van der Waals surface area (Å²) in [4.78, 5) is 8.39. The van der Waals surface area contributed by atoms with Crippen LogP contribution in [0.15, 0.2) is 15.6 Å². The van der Waals surface area contributed by atoms with Gasteiger partial charge in [0, 0.05) is 13.0 Å². The Morgan fingerprint density at radius 3 is 3.15 bits per heavy atom. The highest BCUT2D eigenvalue weighted by molar-refractivity contribution is 5.83. The largest absolute Gasteiger partial charge is 0.444 e. The standard InChI is InChI=1S/C9H13N3O/c1-7-5-12-9(13-7)6-11-8-3-2-4-10-8/h5H,2-4,6H2,1H3,(H,10,11). The number of amidine groups is 1. The van der Waals surface area contributed by atoms with E-state index in [0.717, 1.165) is 36.9 Å². The van der Waals surface area contributed by atoms with Gasteiger partial charge >= 0.3 is 0 Å². The summed E-state index contributed by atoms with van der Waals surface area (Å²) in [5.41, 5.74) is 0. The molecule has 1 aliphatic rings. The Morgan fingerprint density at radius 2 is 2.54 bits per heavy atom. The normalized spacial score (nSPS) is 15.9. The number of nitrogens with zero attached hydrogens (tertiary/aromatic N) is 2. The lowest BCUT2D eigenvalue weighted by Gasteiger charge is -2.00. The Hall–Kier alpha value is -1.32. The zero-order valence-corrected chi connectivity index (χ0v) is 7.71. The van der Waals surface area contributed by atoms with E-state index in [4.69, 9.17) is 4.42 Å². The quantitative estimate of drug-likeness (QED) is 0.743. The summed E-state index contributed by atoms with van der Waals surface area (Å²) in [5, 5.41) is 3.20. The first-order valence-electron chi connectivity index (χ1n) is 4.53. The molecule has 1 aliphatic heterocycles. The maximum Gasteiger partial charge on any atom is 0.213 e. The van der Waals surface area contributed by atoms with Gasteiger partial charge in [0.15, 0.2) is 0 Å². The van der Waals surface area contributed by atoms with Gasteiger partial charge in [0.05, 0.1) is 18.6 Å². The first-order valence-corrected chi connectivity index (χ1v) is 4.53. The molecule has 0 saturated carbocycles. The molecule has 70 valence electrons. The number of rotatable bonds is 2. The van der Waals surface area contributed by atoms with Gasteiger partial charge in [0.1, 0.15) is 5.76 Å². The number of aromatic nitrogens is 1. The van der Waals surface area contributed by atoms with Gasteiger partial charge in [0.25, 0.3) is 0 Å². The zero-order chi connectivity index (χ0) is 9.10. The van der Waals surface area contributed by atoms with Gasteiger partial charge in [-0.25, -0.2) is 4.98 Å². The van der Waals surface area contributed by atoms with Gasteiger partial charge in [-0.15, -0.1) is 0 Å². The minimum absolute atomic E-state index is 0.646. The van der Waals surface area contributed by atoms with E-state index < -0.39 is 0 Å². The van der Waals surface area contributed by atoms with Crippen LogP contribution in [0.2, 0.25) is 0 Å². The van der Waals surface area contributed by atoms with Crippen LogP contribution in [0.25, 0.3) is 0 Å². The molecular weight excluding hydrogens is 166 g/mol. The lowest BCUT2D eigenvalue weighted by molar-refractivity contribution is 0.465. The molecule has 0 saturated heterocycles. The number of nitrogens with one attached hydrogen (secondary N) is 1. The van der Waals surface area contributed by atoms with E-state index in [2.05, 4.69) is 15.3 Å². The third-order valence-corrected chi connectivity index (χ3v) is 1.99. The van der Waals surface area contributed by atoms with Crippen molar-refractivity contribution in [1.29, 1.82) is 0 Å². The van der Waals surface area contributed by atoms with E-state index in [1.54, 1.807) is 6.20 Å². The molecule has 0 aromatic carbocycles. The van der Waals surface area contributed by atoms with Crippen molar-refractivity contribution in [3.63, 3.8) is 0 Å². The van der Waals surface area contributed by atoms with Crippen molar-refractivity contribution >= 4 is 5.84 Å². The minimum atomic E-state index is 0.646. The highest BCUT2D eigenvalue weighted by atomic mass is 16.4. The van der Waals surface area contributed by atoms with Crippen molar-refractivity contribution in [3.05, 3.63) is 17.8 Å². The molecule has 0 unspecified atom stereocenters. The average Bonchev–Trinajstić information content (AvgIpc) is 2.71. The first kappa shape index (κ1) is 8.29. The molecule has 0 bridgehead atoms. The third kappa shape index (κ3) is 2.08. The third-order valence-electron chi connectivity index (χ3n) is 1.99. The molecule has 0 aliphatic carbocycles. The van der Waals surface area contributed by atoms with Crippen LogP contribution < -0.4 is 5.32 Å². The fraction of sp³-hybridized carbons (Fsp3) is 0.556. The Kier molecular flexibility index (Phi) is 2.29. The van der Waals surface area contributed by atoms with E-state index in [9.17, 15) is 0 Å². The number of oxazole rings is 1. The summed E-state index contributed by atoms with van der Waals surface area (Å²) in [6.07, 6.45) is 3.94. The van der Waals surface area contributed by atoms with Crippen LogP contribution in [-0.4, -0.2) is 17.4 Å². The van der Waals surface area contributed by atoms with Crippen LogP contribution in [0.4, 0.5) is 0 Å². The molecule has 0 fully saturated rings. The molecule has 1 aromatic rings. The van der Waals surface area contributed by atoms with Crippen molar-refractivity contribution in [2.45, 2.75) is 26.3 Å². The predicted octanol–water partition coefficient (Wildman–Crippen LogP) is 1.26. The smallest absolute Gasteiger partial charge is 0.213 e. The Bertz CT molecular complexity index is 316. The number of aryl methyl sites for hydroxylation is 1. The lowest BCUT2D eigenvalue weighted by atomic mass is 10.3. The van der Waals surface area contributed by atoms with Crippen LogP contribution in [0.5, 0.6) is 0 Å². The number of aliphatic imine (C=N–C) groups is 1. The lowest BCUT2D eigenvalue weighted by Crippen LogP contribution is -2.20. The molecule has 0 radical (unpaired) electrons. The van der Waals surface area contributed by atoms with Crippen LogP contribution in [0.1, 0.15) is 24.5 Å². The van der Waals surface area contributed by atoms with Crippen LogP contribution in [0.3, 0.4) is 0 Å². The molecule has 2 rings (SSSR count). The summed E-state index contributed by atoms with van der Waals surface area (Å²) < 4.78 is 5.31. The molecule has 4 nitrogen and oxygen atoms in total. The summed E-state index contributed by atoms with van der Waals surface area (Å²) in [7, 11) is 0. The van der Waals surface area contributed by atoms with Gasteiger partial charge in [0.2, 0.25) is 5.89 Å². The summed E-state index contributed by atoms with van der Waals surface area (Å²) in [6, 6.07) is 0. The van der Waals surface area contributed by atoms with E-state index in [0.29, 0.717) is 6.54 Å². The van der Waals surface area contributed by atoms with Crippen molar-refractivity contribution < 1.29 is 4.42 Å². The average molecular weight is 179 g/mol. The highest BCUT2D eigenvalue weighted by Crippen LogP contribution is 2.04. The Morgan fingerprint density at radius 1 is 1.62 bits per heavy atom. The van der Waals surface area contributed by atoms with Crippen LogP contribution in [-0.2, 0) is 6.54 Å².